The summed E-state index contributed by atoms with van der Waals surface area (Å²) in [5.74, 6) is 0.963. The number of ether oxygens (including phenoxy) is 1. The molecule has 2 aromatic carbocycles. The van der Waals surface area contributed by atoms with E-state index in [1.165, 1.54) is 6.42 Å². The molecule has 0 aromatic heterocycles. The van der Waals surface area contributed by atoms with E-state index in [0.29, 0.717) is 13.0 Å². The predicted octanol–water partition coefficient (Wildman–Crippen LogP) is 3.72. The van der Waals surface area contributed by atoms with Crippen LogP contribution >= 0.6 is 15.9 Å². The molecule has 0 saturated heterocycles. The summed E-state index contributed by atoms with van der Waals surface area (Å²) in [6.45, 7) is 0.473. The van der Waals surface area contributed by atoms with E-state index < -0.39 is 6.10 Å². The number of nitrogens with one attached hydrogen (secondary N) is 1. The summed E-state index contributed by atoms with van der Waals surface area (Å²) in [5, 5.41) is 14.1. The van der Waals surface area contributed by atoms with E-state index >= 15 is 0 Å². The average Bonchev–Trinajstić information content (AvgIpc) is 2.65. The maximum atomic E-state index is 10.6. The first-order chi connectivity index (χ1) is 13.0. The van der Waals surface area contributed by atoms with Crippen LogP contribution < -0.4 is 15.8 Å². The third-order valence-electron chi connectivity index (χ3n) is 5.90. The van der Waals surface area contributed by atoms with Crippen molar-refractivity contribution < 1.29 is 9.84 Å². The Hall–Kier alpha value is -1.40. The minimum absolute atomic E-state index is 0.0321. The molecule has 2 aromatic rings. The lowest BCUT2D eigenvalue weighted by Crippen LogP contribution is -2.51. The second-order valence-electron chi connectivity index (χ2n) is 7.91. The summed E-state index contributed by atoms with van der Waals surface area (Å²) in [6.07, 6.45) is 4.46. The minimum Gasteiger partial charge on any atom is -0.487 e. The van der Waals surface area contributed by atoms with Crippen molar-refractivity contribution in [3.05, 3.63) is 64.1 Å². The molecule has 27 heavy (non-hydrogen) atoms. The molecule has 3 atom stereocenters. The molecular weight excluding hydrogens is 404 g/mol. The van der Waals surface area contributed by atoms with Gasteiger partial charge in [0.05, 0.1) is 6.10 Å². The van der Waals surface area contributed by atoms with Crippen molar-refractivity contribution in [1.82, 2.24) is 5.32 Å². The lowest BCUT2D eigenvalue weighted by Gasteiger charge is -2.48. The highest BCUT2D eigenvalue weighted by molar-refractivity contribution is 9.10. The van der Waals surface area contributed by atoms with Gasteiger partial charge in [-0.05, 0) is 49.4 Å². The van der Waals surface area contributed by atoms with Crippen LogP contribution in [0.2, 0.25) is 0 Å². The molecule has 144 valence electrons. The van der Waals surface area contributed by atoms with Crippen LogP contribution in [0.5, 0.6) is 5.75 Å². The molecule has 2 aliphatic rings. The van der Waals surface area contributed by atoms with Gasteiger partial charge < -0.3 is 20.9 Å². The van der Waals surface area contributed by atoms with E-state index in [0.717, 1.165) is 40.6 Å². The number of halogens is 1. The molecule has 1 heterocycles. The Balaban J connectivity index is 1.41. The fraction of sp³-hybridized carbons (Fsp3) is 0.455. The summed E-state index contributed by atoms with van der Waals surface area (Å²) >= 11 is 3.57. The predicted molar refractivity (Wildman–Crippen MR) is 111 cm³/mol. The third kappa shape index (κ3) is 4.21. The van der Waals surface area contributed by atoms with Gasteiger partial charge >= 0.3 is 0 Å². The van der Waals surface area contributed by atoms with Gasteiger partial charge in [-0.2, -0.15) is 0 Å². The van der Waals surface area contributed by atoms with Crippen molar-refractivity contribution in [2.45, 2.75) is 55.9 Å². The summed E-state index contributed by atoms with van der Waals surface area (Å²) in [4.78, 5) is 0. The number of hydrogen-bond donors (Lipinski definition) is 3. The van der Waals surface area contributed by atoms with Crippen molar-refractivity contribution in [1.29, 1.82) is 0 Å². The molecular formula is C22H27BrN2O2. The Kier molecular flexibility index (Phi) is 5.55. The second-order valence-corrected chi connectivity index (χ2v) is 8.82. The van der Waals surface area contributed by atoms with Crippen molar-refractivity contribution in [3.63, 3.8) is 0 Å². The van der Waals surface area contributed by atoms with Crippen LogP contribution in [0, 0.1) is 0 Å². The smallest absolute Gasteiger partial charge is 0.125 e. The third-order valence-corrected chi connectivity index (χ3v) is 6.39. The highest BCUT2D eigenvalue weighted by atomic mass is 79.9. The number of nitrogens with two attached hydrogens (primary N) is 1. The molecule has 5 heteroatoms. The van der Waals surface area contributed by atoms with Crippen molar-refractivity contribution in [2.75, 3.05) is 6.54 Å². The van der Waals surface area contributed by atoms with Gasteiger partial charge in [-0.3, -0.25) is 0 Å². The molecule has 1 aliphatic heterocycles. The second kappa shape index (κ2) is 7.92. The summed E-state index contributed by atoms with van der Waals surface area (Å²) in [7, 11) is 0. The quantitative estimate of drug-likeness (QED) is 0.653. The first-order valence-corrected chi connectivity index (χ1v) is 10.5. The summed E-state index contributed by atoms with van der Waals surface area (Å²) in [6, 6.07) is 16.2. The van der Waals surface area contributed by atoms with E-state index in [2.05, 4.69) is 27.3 Å². The molecule has 0 bridgehead atoms. The topological polar surface area (TPSA) is 67.5 Å². The zero-order chi connectivity index (χ0) is 18.9. The number of aliphatic hydroxyl groups excluding tert-OH is 1. The Morgan fingerprint density at radius 1 is 1.22 bits per heavy atom. The van der Waals surface area contributed by atoms with E-state index in [4.69, 9.17) is 10.5 Å². The van der Waals surface area contributed by atoms with E-state index in [1.807, 2.05) is 42.5 Å². The Labute approximate surface area is 169 Å². The van der Waals surface area contributed by atoms with Crippen LogP contribution in [0.3, 0.4) is 0 Å². The van der Waals surface area contributed by atoms with E-state index in [9.17, 15) is 5.11 Å². The van der Waals surface area contributed by atoms with Crippen LogP contribution in [0.1, 0.15) is 42.9 Å². The number of rotatable bonds is 6. The Morgan fingerprint density at radius 2 is 2.00 bits per heavy atom. The lowest BCUT2D eigenvalue weighted by molar-refractivity contribution is -0.0381. The summed E-state index contributed by atoms with van der Waals surface area (Å²) < 4.78 is 7.37. The maximum Gasteiger partial charge on any atom is 0.125 e. The van der Waals surface area contributed by atoms with Gasteiger partial charge in [0.2, 0.25) is 0 Å². The first-order valence-electron chi connectivity index (χ1n) is 9.74. The van der Waals surface area contributed by atoms with Crippen LogP contribution in [0.25, 0.3) is 0 Å². The highest BCUT2D eigenvalue weighted by Crippen LogP contribution is 2.49. The van der Waals surface area contributed by atoms with Crippen molar-refractivity contribution in [3.8, 4) is 5.75 Å². The van der Waals surface area contributed by atoms with Gasteiger partial charge in [-0.15, -0.1) is 0 Å². The molecule has 1 aliphatic carbocycles. The summed E-state index contributed by atoms with van der Waals surface area (Å²) in [5.41, 5.74) is 8.53. The number of hydrogen-bond acceptors (Lipinski definition) is 4. The minimum atomic E-state index is -0.596. The Bertz CT molecular complexity index is 779. The van der Waals surface area contributed by atoms with Crippen molar-refractivity contribution >= 4 is 15.9 Å². The van der Waals surface area contributed by atoms with Gasteiger partial charge in [0.15, 0.2) is 0 Å². The SMILES string of the molecule is N[C@@H](Cc1ccccc1)[C@H](O)CNC1CC2(CCC2)Oc2ccc(Br)cc21. The standard InChI is InChI=1S/C22H27BrN2O2/c23-16-7-8-21-17(12-16)19(13-22(27-21)9-4-10-22)25-14-20(26)18(24)11-15-5-2-1-3-6-15/h1-3,5-8,12,18-20,25-26H,4,9-11,13-14,24H2/t18-,19?,20+/m0/s1. The number of fused-ring (bicyclic) bond motifs is 1. The van der Waals surface area contributed by atoms with Gasteiger partial charge in [-0.25, -0.2) is 0 Å². The number of benzene rings is 2. The van der Waals surface area contributed by atoms with Gasteiger partial charge in [0.25, 0.3) is 0 Å². The van der Waals surface area contributed by atoms with Crippen LogP contribution in [-0.2, 0) is 6.42 Å². The molecule has 1 unspecified atom stereocenters. The largest absolute Gasteiger partial charge is 0.487 e. The number of aliphatic hydroxyl groups is 1. The molecule has 4 N–H and O–H groups in total. The lowest BCUT2D eigenvalue weighted by atomic mass is 9.73. The fourth-order valence-corrected chi connectivity index (χ4v) is 4.52. The molecule has 0 amide bonds. The molecule has 4 rings (SSSR count). The van der Waals surface area contributed by atoms with E-state index in [-0.39, 0.29) is 17.7 Å². The molecule has 0 radical (unpaired) electrons. The zero-order valence-electron chi connectivity index (χ0n) is 15.4. The van der Waals surface area contributed by atoms with Gasteiger partial charge in [-0.1, -0.05) is 46.3 Å². The molecule has 1 saturated carbocycles. The first kappa shape index (κ1) is 18.9. The molecule has 1 spiro atoms. The van der Waals surface area contributed by atoms with Crippen LogP contribution in [-0.4, -0.2) is 29.4 Å². The fourth-order valence-electron chi connectivity index (χ4n) is 4.14. The van der Waals surface area contributed by atoms with Crippen LogP contribution in [0.4, 0.5) is 0 Å². The maximum absolute atomic E-state index is 10.6. The van der Waals surface area contributed by atoms with Crippen LogP contribution in [0.15, 0.2) is 53.0 Å². The monoisotopic (exact) mass is 430 g/mol. The normalized spacial score (nSPS) is 22.4. The average molecular weight is 431 g/mol. The van der Waals surface area contributed by atoms with Crippen molar-refractivity contribution in [2.24, 2.45) is 5.73 Å². The molecule has 4 nitrogen and oxygen atoms in total. The zero-order valence-corrected chi connectivity index (χ0v) is 17.0. The van der Waals surface area contributed by atoms with E-state index in [1.54, 1.807) is 0 Å². The molecule has 1 fully saturated rings. The Morgan fingerprint density at radius 3 is 2.70 bits per heavy atom. The van der Waals surface area contributed by atoms with Gasteiger partial charge in [0, 0.05) is 35.1 Å². The highest BCUT2D eigenvalue weighted by Gasteiger charge is 2.45. The van der Waals surface area contributed by atoms with Gasteiger partial charge in [0.1, 0.15) is 11.4 Å².